The van der Waals surface area contributed by atoms with Gasteiger partial charge < -0.3 is 5.32 Å². The third-order valence-corrected chi connectivity index (χ3v) is 4.10. The minimum Gasteiger partial charge on any atom is -0.312 e. The average molecular weight is 289 g/mol. The van der Waals surface area contributed by atoms with E-state index in [-0.39, 0.29) is 11.8 Å². The summed E-state index contributed by atoms with van der Waals surface area (Å²) in [6, 6.07) is 4.53. The number of rotatable bonds is 3. The van der Waals surface area contributed by atoms with Crippen molar-refractivity contribution in [1.82, 2.24) is 5.32 Å². The number of carbonyl (C=O) groups excluding carboxylic acids is 1. The molecule has 1 unspecified atom stereocenters. The summed E-state index contributed by atoms with van der Waals surface area (Å²) in [4.78, 5) is 11.9. The standard InChI is InChI=1S/C13H14F3NOS/c14-13(15,16)10-3-1-9(2-4-10)12(18)7-11-8-19-6-5-17-11/h1-4,11,17H,5-8H2. The molecule has 1 aromatic carbocycles. The highest BCUT2D eigenvalue weighted by atomic mass is 32.2. The van der Waals surface area contributed by atoms with Gasteiger partial charge in [-0.05, 0) is 12.1 Å². The fraction of sp³-hybridized carbons (Fsp3) is 0.462. The molecule has 1 aliphatic rings. The quantitative estimate of drug-likeness (QED) is 0.867. The Morgan fingerprint density at radius 2 is 2.00 bits per heavy atom. The van der Waals surface area contributed by atoms with E-state index in [9.17, 15) is 18.0 Å². The van der Waals surface area contributed by atoms with Crippen LogP contribution in [0, 0.1) is 0 Å². The average Bonchev–Trinajstić information content (AvgIpc) is 2.39. The van der Waals surface area contributed by atoms with Crippen LogP contribution in [0.1, 0.15) is 22.3 Å². The topological polar surface area (TPSA) is 29.1 Å². The second-order valence-corrected chi connectivity index (χ2v) is 5.58. The summed E-state index contributed by atoms with van der Waals surface area (Å²) >= 11 is 1.78. The molecule has 0 bridgehead atoms. The normalized spacial score (nSPS) is 20.3. The van der Waals surface area contributed by atoms with Crippen molar-refractivity contribution in [2.75, 3.05) is 18.1 Å². The first-order chi connectivity index (χ1) is 8.97. The minimum atomic E-state index is -4.36. The Bertz CT molecular complexity index is 438. The van der Waals surface area contributed by atoms with E-state index in [1.807, 2.05) is 0 Å². The number of hydrogen-bond acceptors (Lipinski definition) is 3. The molecule has 0 radical (unpaired) electrons. The highest BCUT2D eigenvalue weighted by molar-refractivity contribution is 7.99. The summed E-state index contributed by atoms with van der Waals surface area (Å²) in [7, 11) is 0. The van der Waals surface area contributed by atoms with E-state index in [1.54, 1.807) is 11.8 Å². The van der Waals surface area contributed by atoms with Crippen LogP contribution in [0.15, 0.2) is 24.3 Å². The third-order valence-electron chi connectivity index (χ3n) is 2.96. The van der Waals surface area contributed by atoms with E-state index in [4.69, 9.17) is 0 Å². The Kier molecular flexibility index (Phi) is 4.52. The summed E-state index contributed by atoms with van der Waals surface area (Å²) in [6.45, 7) is 0.871. The lowest BCUT2D eigenvalue weighted by molar-refractivity contribution is -0.137. The molecule has 1 fully saturated rings. The van der Waals surface area contributed by atoms with Gasteiger partial charge in [0.1, 0.15) is 0 Å². The zero-order chi connectivity index (χ0) is 13.9. The Labute approximate surface area is 113 Å². The van der Waals surface area contributed by atoms with E-state index < -0.39 is 11.7 Å². The molecule has 0 amide bonds. The lowest BCUT2D eigenvalue weighted by atomic mass is 10.0. The summed E-state index contributed by atoms with van der Waals surface area (Å²) in [5, 5.41) is 3.23. The summed E-state index contributed by atoms with van der Waals surface area (Å²) < 4.78 is 37.2. The van der Waals surface area contributed by atoms with Crippen LogP contribution in [0.25, 0.3) is 0 Å². The lowest BCUT2D eigenvalue weighted by Crippen LogP contribution is -2.38. The van der Waals surface area contributed by atoms with Gasteiger partial charge in [-0.2, -0.15) is 24.9 Å². The number of hydrogen-bond donors (Lipinski definition) is 1. The molecule has 1 aromatic rings. The first-order valence-electron chi connectivity index (χ1n) is 5.98. The van der Waals surface area contributed by atoms with Crippen molar-refractivity contribution in [3.05, 3.63) is 35.4 Å². The summed E-state index contributed by atoms with van der Waals surface area (Å²) in [5.41, 5.74) is -0.388. The lowest BCUT2D eigenvalue weighted by Gasteiger charge is -2.22. The monoisotopic (exact) mass is 289 g/mol. The molecular weight excluding hydrogens is 275 g/mol. The molecule has 104 valence electrons. The molecule has 1 aliphatic heterocycles. The fourth-order valence-corrected chi connectivity index (χ4v) is 2.89. The molecule has 0 spiro atoms. The van der Waals surface area contributed by atoms with Crippen molar-refractivity contribution in [2.24, 2.45) is 0 Å². The number of nitrogens with one attached hydrogen (secondary N) is 1. The van der Waals surface area contributed by atoms with Gasteiger partial charge in [0.15, 0.2) is 5.78 Å². The molecule has 0 aromatic heterocycles. The number of alkyl halides is 3. The SMILES string of the molecule is O=C(CC1CSCCN1)c1ccc(C(F)(F)F)cc1. The largest absolute Gasteiger partial charge is 0.416 e. The van der Waals surface area contributed by atoms with E-state index in [2.05, 4.69) is 5.32 Å². The summed E-state index contributed by atoms with van der Waals surface area (Å²) in [6.07, 6.45) is -4.03. The zero-order valence-corrected chi connectivity index (χ0v) is 11.0. The van der Waals surface area contributed by atoms with Crippen molar-refractivity contribution in [2.45, 2.75) is 18.6 Å². The first-order valence-corrected chi connectivity index (χ1v) is 7.14. The number of ketones is 1. The molecule has 1 saturated heterocycles. The molecule has 1 heterocycles. The predicted molar refractivity (Wildman–Crippen MR) is 69.5 cm³/mol. The maximum atomic E-state index is 12.4. The van der Waals surface area contributed by atoms with Gasteiger partial charge in [-0.25, -0.2) is 0 Å². The predicted octanol–water partition coefficient (Wildman–Crippen LogP) is 2.98. The van der Waals surface area contributed by atoms with Gasteiger partial charge in [0.05, 0.1) is 5.56 Å². The van der Waals surface area contributed by atoms with Crippen LogP contribution < -0.4 is 5.32 Å². The molecule has 6 heteroatoms. The second kappa shape index (κ2) is 5.96. The molecule has 1 atom stereocenters. The smallest absolute Gasteiger partial charge is 0.312 e. The Hall–Kier alpha value is -1.01. The molecule has 0 saturated carbocycles. The van der Waals surface area contributed by atoms with Gasteiger partial charge in [-0.1, -0.05) is 12.1 Å². The van der Waals surface area contributed by atoms with Crippen LogP contribution in [-0.2, 0) is 6.18 Å². The van der Waals surface area contributed by atoms with Crippen LogP contribution >= 0.6 is 11.8 Å². The van der Waals surface area contributed by atoms with Crippen LogP contribution in [0.4, 0.5) is 13.2 Å². The summed E-state index contributed by atoms with van der Waals surface area (Å²) in [5.74, 6) is 1.78. The van der Waals surface area contributed by atoms with E-state index in [1.165, 1.54) is 12.1 Å². The van der Waals surface area contributed by atoms with Crippen molar-refractivity contribution in [3.8, 4) is 0 Å². The molecule has 2 rings (SSSR count). The van der Waals surface area contributed by atoms with E-state index in [0.717, 1.165) is 30.2 Å². The van der Waals surface area contributed by atoms with E-state index >= 15 is 0 Å². The number of benzene rings is 1. The first kappa shape index (κ1) is 14.4. The van der Waals surface area contributed by atoms with Crippen LogP contribution in [0.3, 0.4) is 0 Å². The van der Waals surface area contributed by atoms with Gasteiger partial charge in [0.25, 0.3) is 0 Å². The number of halogens is 3. The maximum Gasteiger partial charge on any atom is 0.416 e. The minimum absolute atomic E-state index is 0.117. The third kappa shape index (κ3) is 3.98. The van der Waals surface area contributed by atoms with Crippen molar-refractivity contribution in [3.63, 3.8) is 0 Å². The Balaban J connectivity index is 1.99. The molecule has 2 nitrogen and oxygen atoms in total. The number of carbonyl (C=O) groups is 1. The Morgan fingerprint density at radius 1 is 1.32 bits per heavy atom. The second-order valence-electron chi connectivity index (χ2n) is 4.43. The van der Waals surface area contributed by atoms with Gasteiger partial charge >= 0.3 is 6.18 Å². The van der Waals surface area contributed by atoms with Gasteiger partial charge in [-0.15, -0.1) is 0 Å². The molecule has 1 N–H and O–H groups in total. The highest BCUT2D eigenvalue weighted by Gasteiger charge is 2.30. The van der Waals surface area contributed by atoms with Gasteiger partial charge in [-0.3, -0.25) is 4.79 Å². The van der Waals surface area contributed by atoms with Crippen LogP contribution in [0.2, 0.25) is 0 Å². The van der Waals surface area contributed by atoms with Crippen molar-refractivity contribution >= 4 is 17.5 Å². The molecule has 0 aliphatic carbocycles. The van der Waals surface area contributed by atoms with Gasteiger partial charge in [0, 0.05) is 36.1 Å². The fourth-order valence-electron chi connectivity index (χ4n) is 1.94. The zero-order valence-electron chi connectivity index (χ0n) is 10.2. The number of Topliss-reactive ketones (excluding diaryl/α,β-unsaturated/α-hetero) is 1. The maximum absolute atomic E-state index is 12.4. The van der Waals surface area contributed by atoms with Crippen LogP contribution in [0.5, 0.6) is 0 Å². The van der Waals surface area contributed by atoms with Gasteiger partial charge in [0.2, 0.25) is 0 Å². The van der Waals surface area contributed by atoms with Crippen molar-refractivity contribution in [1.29, 1.82) is 0 Å². The Morgan fingerprint density at radius 3 is 2.53 bits per heavy atom. The van der Waals surface area contributed by atoms with Crippen LogP contribution in [-0.4, -0.2) is 29.9 Å². The molecule has 19 heavy (non-hydrogen) atoms. The highest BCUT2D eigenvalue weighted by Crippen LogP contribution is 2.29. The van der Waals surface area contributed by atoms with E-state index in [0.29, 0.717) is 12.0 Å². The molecular formula is C13H14F3NOS. The number of thioether (sulfide) groups is 1. The van der Waals surface area contributed by atoms with Crippen molar-refractivity contribution < 1.29 is 18.0 Å².